The molecule has 0 aliphatic heterocycles. The monoisotopic (exact) mass is 284 g/mol. The third kappa shape index (κ3) is 2.51. The first-order valence-corrected chi connectivity index (χ1v) is 7.33. The first-order valence-electron chi connectivity index (χ1n) is 7.33. The molecule has 2 aromatic heterocycles. The van der Waals surface area contributed by atoms with Gasteiger partial charge < -0.3 is 13.9 Å². The van der Waals surface area contributed by atoms with Crippen molar-refractivity contribution >= 4 is 0 Å². The molecule has 2 saturated carbocycles. The minimum atomic E-state index is -0.0543. The second-order valence-corrected chi connectivity index (χ2v) is 5.78. The summed E-state index contributed by atoms with van der Waals surface area (Å²) in [5.41, 5.74) is -0.109. The third-order valence-corrected chi connectivity index (χ3v) is 3.96. The molecular weight excluding hydrogens is 268 g/mol. The van der Waals surface area contributed by atoms with Crippen LogP contribution in [0.1, 0.15) is 37.8 Å². The number of rotatable bonds is 4. The summed E-state index contributed by atoms with van der Waals surface area (Å²) in [6.45, 7) is 0. The molecule has 0 aromatic carbocycles. The average molecular weight is 284 g/mol. The van der Waals surface area contributed by atoms with Crippen LogP contribution in [0.5, 0.6) is 11.5 Å². The van der Waals surface area contributed by atoms with Crippen molar-refractivity contribution in [1.82, 2.24) is 9.13 Å². The van der Waals surface area contributed by atoms with Crippen LogP contribution < -0.4 is 15.9 Å². The number of nitrogens with zero attached hydrogens (tertiary/aromatic N) is 2. The van der Waals surface area contributed by atoms with E-state index in [4.69, 9.17) is 4.74 Å². The molecule has 5 nitrogen and oxygen atoms in total. The lowest BCUT2D eigenvalue weighted by atomic mass is 10.4. The van der Waals surface area contributed by atoms with Gasteiger partial charge in [-0.25, -0.2) is 0 Å². The molecule has 0 radical (unpaired) electrons. The van der Waals surface area contributed by atoms with Gasteiger partial charge in [0.1, 0.15) is 11.5 Å². The first kappa shape index (κ1) is 12.4. The van der Waals surface area contributed by atoms with E-state index in [2.05, 4.69) is 0 Å². The van der Waals surface area contributed by atoms with Crippen LogP contribution in [0.2, 0.25) is 0 Å². The molecule has 0 spiro atoms. The van der Waals surface area contributed by atoms with Gasteiger partial charge in [-0.05, 0) is 37.8 Å². The van der Waals surface area contributed by atoms with E-state index in [0.29, 0.717) is 23.6 Å². The summed E-state index contributed by atoms with van der Waals surface area (Å²) in [6, 6.07) is 7.20. The molecular formula is C16H16N2O3. The summed E-state index contributed by atoms with van der Waals surface area (Å²) in [6.07, 6.45) is 7.81. The second-order valence-electron chi connectivity index (χ2n) is 5.78. The Balaban J connectivity index is 1.57. The summed E-state index contributed by atoms with van der Waals surface area (Å²) in [7, 11) is 0. The first-order chi connectivity index (χ1) is 10.2. The third-order valence-electron chi connectivity index (χ3n) is 3.96. The van der Waals surface area contributed by atoms with Crippen LogP contribution in [0.3, 0.4) is 0 Å². The number of aromatic nitrogens is 2. The largest absolute Gasteiger partial charge is 0.457 e. The molecule has 2 aromatic rings. The Morgan fingerprint density at radius 2 is 1.24 bits per heavy atom. The molecule has 0 N–H and O–H groups in total. The molecule has 4 rings (SSSR count). The van der Waals surface area contributed by atoms with Crippen molar-refractivity contribution in [3.05, 3.63) is 57.4 Å². The molecule has 0 saturated heterocycles. The van der Waals surface area contributed by atoms with Gasteiger partial charge in [0.05, 0.1) is 0 Å². The fourth-order valence-corrected chi connectivity index (χ4v) is 2.51. The van der Waals surface area contributed by atoms with Crippen LogP contribution >= 0.6 is 0 Å². The summed E-state index contributed by atoms with van der Waals surface area (Å²) >= 11 is 0. The van der Waals surface area contributed by atoms with E-state index in [9.17, 15) is 9.59 Å². The molecule has 0 atom stereocenters. The van der Waals surface area contributed by atoms with Crippen molar-refractivity contribution in [2.75, 3.05) is 0 Å². The predicted molar refractivity (Wildman–Crippen MR) is 78.0 cm³/mol. The zero-order valence-electron chi connectivity index (χ0n) is 11.6. The normalized spacial score (nSPS) is 17.7. The minimum absolute atomic E-state index is 0.0543. The van der Waals surface area contributed by atoms with Crippen LogP contribution in [0.25, 0.3) is 0 Å². The number of hydrogen-bond acceptors (Lipinski definition) is 3. The van der Waals surface area contributed by atoms with E-state index in [1.54, 1.807) is 33.7 Å². The lowest BCUT2D eigenvalue weighted by Gasteiger charge is -2.09. The maximum Gasteiger partial charge on any atom is 0.254 e. The van der Waals surface area contributed by atoms with Gasteiger partial charge in [-0.3, -0.25) is 9.59 Å². The van der Waals surface area contributed by atoms with Crippen molar-refractivity contribution in [2.24, 2.45) is 0 Å². The Bertz CT molecular complexity index is 730. The molecule has 2 aliphatic carbocycles. The highest BCUT2D eigenvalue weighted by molar-refractivity contribution is 5.28. The Kier molecular flexibility index (Phi) is 2.74. The van der Waals surface area contributed by atoms with Gasteiger partial charge in [-0.15, -0.1) is 0 Å². The number of hydrogen-bond donors (Lipinski definition) is 0. The van der Waals surface area contributed by atoms with Gasteiger partial charge in [-0.1, -0.05) is 0 Å². The Labute approximate surface area is 121 Å². The lowest BCUT2D eigenvalue weighted by Crippen LogP contribution is -2.18. The minimum Gasteiger partial charge on any atom is -0.457 e. The summed E-state index contributed by atoms with van der Waals surface area (Å²) in [5, 5.41) is 0. The Hall–Kier alpha value is -2.30. The highest BCUT2D eigenvalue weighted by atomic mass is 16.5. The topological polar surface area (TPSA) is 53.2 Å². The standard InChI is InChI=1S/C16H16N2O3/c19-15-9-13(5-7-17(15)11-1-2-11)21-14-6-8-18(12-3-4-12)16(20)10-14/h5-12H,1-4H2. The lowest BCUT2D eigenvalue weighted by molar-refractivity contribution is 0.474. The smallest absolute Gasteiger partial charge is 0.254 e. The van der Waals surface area contributed by atoms with Crippen LogP contribution in [-0.4, -0.2) is 9.13 Å². The van der Waals surface area contributed by atoms with Crippen molar-refractivity contribution in [3.8, 4) is 11.5 Å². The molecule has 108 valence electrons. The van der Waals surface area contributed by atoms with Gasteiger partial charge in [0.25, 0.3) is 11.1 Å². The fourth-order valence-electron chi connectivity index (χ4n) is 2.51. The highest BCUT2D eigenvalue weighted by Crippen LogP contribution is 2.34. The van der Waals surface area contributed by atoms with Crippen LogP contribution in [0.15, 0.2) is 46.2 Å². The Morgan fingerprint density at radius 3 is 1.57 bits per heavy atom. The van der Waals surface area contributed by atoms with E-state index in [1.165, 1.54) is 12.1 Å². The molecule has 0 unspecified atom stereocenters. The van der Waals surface area contributed by atoms with Gasteiger partial charge in [0.2, 0.25) is 0 Å². The zero-order chi connectivity index (χ0) is 14.4. The highest BCUT2D eigenvalue weighted by Gasteiger charge is 2.25. The molecule has 2 heterocycles. The van der Waals surface area contributed by atoms with E-state index in [1.807, 2.05) is 0 Å². The molecule has 0 bridgehead atoms. The second kappa shape index (κ2) is 4.62. The van der Waals surface area contributed by atoms with Gasteiger partial charge >= 0.3 is 0 Å². The van der Waals surface area contributed by atoms with Crippen molar-refractivity contribution in [1.29, 1.82) is 0 Å². The van der Waals surface area contributed by atoms with E-state index in [0.717, 1.165) is 25.7 Å². The molecule has 2 fully saturated rings. The fraction of sp³-hybridized carbons (Fsp3) is 0.375. The zero-order valence-corrected chi connectivity index (χ0v) is 11.6. The number of ether oxygens (including phenoxy) is 1. The van der Waals surface area contributed by atoms with Crippen LogP contribution in [-0.2, 0) is 0 Å². The Morgan fingerprint density at radius 1 is 0.810 bits per heavy atom. The van der Waals surface area contributed by atoms with Crippen LogP contribution in [0, 0.1) is 0 Å². The van der Waals surface area contributed by atoms with Crippen molar-refractivity contribution in [3.63, 3.8) is 0 Å². The van der Waals surface area contributed by atoms with E-state index < -0.39 is 0 Å². The van der Waals surface area contributed by atoms with Crippen molar-refractivity contribution < 1.29 is 4.74 Å². The predicted octanol–water partition coefficient (Wildman–Crippen LogP) is 2.47. The summed E-state index contributed by atoms with van der Waals surface area (Å²) < 4.78 is 9.09. The SMILES string of the molecule is O=c1cc(Oc2ccn(C3CC3)c(=O)c2)ccn1C1CC1. The van der Waals surface area contributed by atoms with Crippen LogP contribution in [0.4, 0.5) is 0 Å². The quantitative estimate of drug-likeness (QED) is 0.866. The maximum absolute atomic E-state index is 11.9. The summed E-state index contributed by atoms with van der Waals surface area (Å²) in [4.78, 5) is 23.9. The molecule has 2 aliphatic rings. The maximum atomic E-state index is 11.9. The van der Waals surface area contributed by atoms with Gasteiger partial charge in [0, 0.05) is 36.6 Å². The van der Waals surface area contributed by atoms with Gasteiger partial charge in [-0.2, -0.15) is 0 Å². The van der Waals surface area contributed by atoms with E-state index in [-0.39, 0.29) is 11.1 Å². The molecule has 0 amide bonds. The van der Waals surface area contributed by atoms with Crippen molar-refractivity contribution in [2.45, 2.75) is 37.8 Å². The van der Waals surface area contributed by atoms with Gasteiger partial charge in [0.15, 0.2) is 0 Å². The molecule has 5 heteroatoms. The van der Waals surface area contributed by atoms with E-state index >= 15 is 0 Å². The average Bonchev–Trinajstić information content (AvgIpc) is 3.33. The molecule has 21 heavy (non-hydrogen) atoms. The number of pyridine rings is 2. The summed E-state index contributed by atoms with van der Waals surface area (Å²) in [5.74, 6) is 0.945.